The van der Waals surface area contributed by atoms with Gasteiger partial charge >= 0.3 is 5.97 Å². The minimum atomic E-state index is -0.675. The maximum absolute atomic E-state index is 14.3. The molecule has 2 atom stereocenters. The summed E-state index contributed by atoms with van der Waals surface area (Å²) >= 11 is 1.52. The molecule has 9 heteroatoms. The molecule has 3 aromatic rings. The Morgan fingerprint density at radius 1 is 1.15 bits per heavy atom. The number of ether oxygens (including phenoxy) is 2. The third-order valence-electron chi connectivity index (χ3n) is 8.40. The second kappa shape index (κ2) is 11.2. The highest BCUT2D eigenvalue weighted by Gasteiger charge is 2.46. The van der Waals surface area contributed by atoms with Crippen LogP contribution < -0.4 is 9.64 Å². The van der Waals surface area contributed by atoms with Gasteiger partial charge in [0.05, 0.1) is 24.8 Å². The number of aryl methyl sites for hydroxylation is 1. The fourth-order valence-electron chi connectivity index (χ4n) is 6.33. The second-order valence-corrected chi connectivity index (χ2v) is 11.8. The van der Waals surface area contributed by atoms with Crippen LogP contribution in [0.4, 0.5) is 9.52 Å². The lowest BCUT2D eigenvalue weighted by atomic mass is 9.85. The zero-order chi connectivity index (χ0) is 26.9. The van der Waals surface area contributed by atoms with Crippen LogP contribution in [-0.4, -0.2) is 60.4 Å². The van der Waals surface area contributed by atoms with Gasteiger partial charge in [-0.25, -0.2) is 9.37 Å². The minimum absolute atomic E-state index is 0.158. The molecule has 1 saturated carbocycles. The second-order valence-electron chi connectivity index (χ2n) is 11.0. The fourth-order valence-corrected chi connectivity index (χ4v) is 7.18. The Kier molecular flexibility index (Phi) is 7.55. The van der Waals surface area contributed by atoms with Crippen molar-refractivity contribution >= 4 is 22.4 Å². The number of aromatic nitrogens is 1. The number of piperidine rings is 1. The first-order valence-corrected chi connectivity index (χ1v) is 14.6. The molecule has 39 heavy (non-hydrogen) atoms. The first kappa shape index (κ1) is 26.2. The van der Waals surface area contributed by atoms with Crippen LogP contribution in [0, 0.1) is 30.5 Å². The Morgan fingerprint density at radius 2 is 1.92 bits per heavy atom. The van der Waals surface area contributed by atoms with E-state index in [2.05, 4.69) is 34.9 Å². The zero-order valence-corrected chi connectivity index (χ0v) is 23.0. The average molecular weight is 552 g/mol. The van der Waals surface area contributed by atoms with E-state index in [4.69, 9.17) is 14.5 Å². The molecule has 0 amide bonds. The molecule has 1 aliphatic carbocycles. The number of thiazole rings is 1. The Bertz CT molecular complexity index is 1330. The lowest BCUT2D eigenvalue weighted by Gasteiger charge is -2.35. The summed E-state index contributed by atoms with van der Waals surface area (Å²) in [5.41, 5.74) is 4.83. The number of carbonyl (C=O) groups is 1. The highest BCUT2D eigenvalue weighted by molar-refractivity contribution is 7.14. The van der Waals surface area contributed by atoms with Gasteiger partial charge in [0.15, 0.2) is 5.13 Å². The zero-order valence-electron chi connectivity index (χ0n) is 22.1. The van der Waals surface area contributed by atoms with Crippen molar-refractivity contribution < 1.29 is 23.8 Å². The molecular formula is C30H34FN3O4S. The maximum Gasteiger partial charge on any atom is 0.307 e. The third kappa shape index (κ3) is 5.66. The van der Waals surface area contributed by atoms with E-state index in [1.165, 1.54) is 34.6 Å². The number of aliphatic carboxylic acids is 1. The molecule has 2 aliphatic heterocycles. The Labute approximate surface area is 232 Å². The Balaban J connectivity index is 1.15. The summed E-state index contributed by atoms with van der Waals surface area (Å²) in [6.45, 7) is 8.28. The molecule has 2 unspecified atom stereocenters. The third-order valence-corrected chi connectivity index (χ3v) is 9.30. The number of benzene rings is 2. The number of fused-ring (bicyclic) bond motifs is 2. The van der Waals surface area contributed by atoms with E-state index in [1.54, 1.807) is 6.07 Å². The first-order chi connectivity index (χ1) is 18.9. The SMILES string of the molecule is Cc1cc(CN2CCOCC2)ccc1COc1ccc(F)cc1-c1csc(N2CC3CCC(C2)C3C(=O)O)n1. The van der Waals surface area contributed by atoms with Crippen molar-refractivity contribution in [2.75, 3.05) is 44.3 Å². The number of nitrogens with zero attached hydrogens (tertiary/aromatic N) is 3. The largest absolute Gasteiger partial charge is 0.488 e. The van der Waals surface area contributed by atoms with Gasteiger partial charge in [-0.05, 0) is 66.5 Å². The van der Waals surface area contributed by atoms with Gasteiger partial charge in [0.1, 0.15) is 18.2 Å². The predicted molar refractivity (Wildman–Crippen MR) is 149 cm³/mol. The van der Waals surface area contributed by atoms with Gasteiger partial charge in [-0.2, -0.15) is 0 Å². The summed E-state index contributed by atoms with van der Waals surface area (Å²) in [6, 6.07) is 11.0. The van der Waals surface area contributed by atoms with Crippen molar-refractivity contribution in [3.8, 4) is 17.0 Å². The Hall–Kier alpha value is -3.01. The van der Waals surface area contributed by atoms with Crippen molar-refractivity contribution in [3.05, 3.63) is 64.3 Å². The van der Waals surface area contributed by atoms with E-state index in [1.807, 2.05) is 5.38 Å². The Morgan fingerprint density at radius 3 is 2.64 bits per heavy atom. The summed E-state index contributed by atoms with van der Waals surface area (Å²) in [4.78, 5) is 21.2. The summed E-state index contributed by atoms with van der Waals surface area (Å²) in [5, 5.41) is 12.4. The minimum Gasteiger partial charge on any atom is -0.488 e. The fraction of sp³-hybridized carbons (Fsp3) is 0.467. The molecule has 6 rings (SSSR count). The maximum atomic E-state index is 14.3. The van der Waals surface area contributed by atoms with Crippen molar-refractivity contribution in [2.24, 2.45) is 17.8 Å². The van der Waals surface area contributed by atoms with Crippen molar-refractivity contribution in [1.82, 2.24) is 9.88 Å². The number of hydrogen-bond acceptors (Lipinski definition) is 7. The van der Waals surface area contributed by atoms with Crippen LogP contribution >= 0.6 is 11.3 Å². The van der Waals surface area contributed by atoms with E-state index < -0.39 is 5.97 Å². The molecule has 3 fully saturated rings. The average Bonchev–Trinajstić information content (AvgIpc) is 3.52. The number of morpholine rings is 1. The summed E-state index contributed by atoms with van der Waals surface area (Å²) in [6.07, 6.45) is 1.90. The molecule has 1 N–H and O–H groups in total. The number of hydrogen-bond donors (Lipinski definition) is 1. The van der Waals surface area contributed by atoms with Crippen molar-refractivity contribution in [2.45, 2.75) is 32.9 Å². The molecule has 0 spiro atoms. The van der Waals surface area contributed by atoms with Crippen LogP contribution in [0.5, 0.6) is 5.75 Å². The van der Waals surface area contributed by atoms with E-state index in [0.29, 0.717) is 36.7 Å². The van der Waals surface area contributed by atoms with Crippen LogP contribution in [0.25, 0.3) is 11.3 Å². The summed E-state index contributed by atoms with van der Waals surface area (Å²) in [5.74, 6) is -0.354. The molecule has 2 aromatic carbocycles. The highest BCUT2D eigenvalue weighted by atomic mass is 32.1. The molecule has 2 bridgehead atoms. The normalized spacial score (nSPS) is 23.2. The van der Waals surface area contributed by atoms with Gasteiger partial charge in [-0.15, -0.1) is 11.3 Å². The van der Waals surface area contributed by atoms with Gasteiger partial charge < -0.3 is 19.5 Å². The number of carboxylic acids is 1. The van der Waals surface area contributed by atoms with Gasteiger partial charge in [0, 0.05) is 43.7 Å². The molecule has 3 heterocycles. The molecule has 0 radical (unpaired) electrons. The smallest absolute Gasteiger partial charge is 0.307 e. The predicted octanol–water partition coefficient (Wildman–Crippen LogP) is 5.22. The molecular weight excluding hydrogens is 517 g/mol. The van der Waals surface area contributed by atoms with Crippen LogP contribution in [0.15, 0.2) is 41.8 Å². The van der Waals surface area contributed by atoms with E-state index >= 15 is 0 Å². The molecule has 1 aromatic heterocycles. The molecule has 206 valence electrons. The van der Waals surface area contributed by atoms with Crippen LogP contribution in [0.3, 0.4) is 0 Å². The molecule has 2 saturated heterocycles. The topological polar surface area (TPSA) is 75.1 Å². The van der Waals surface area contributed by atoms with Gasteiger partial charge in [-0.3, -0.25) is 9.69 Å². The lowest BCUT2D eigenvalue weighted by molar-refractivity contribution is -0.144. The van der Waals surface area contributed by atoms with Crippen LogP contribution in [-0.2, 0) is 22.7 Å². The van der Waals surface area contributed by atoms with Crippen molar-refractivity contribution in [3.63, 3.8) is 0 Å². The number of halogens is 1. The van der Waals surface area contributed by atoms with E-state index in [0.717, 1.165) is 56.4 Å². The van der Waals surface area contributed by atoms with Crippen LogP contribution in [0.1, 0.15) is 29.5 Å². The lowest BCUT2D eigenvalue weighted by Crippen LogP contribution is -2.44. The highest BCUT2D eigenvalue weighted by Crippen LogP contribution is 2.44. The van der Waals surface area contributed by atoms with Gasteiger partial charge in [0.25, 0.3) is 0 Å². The quantitative estimate of drug-likeness (QED) is 0.412. The summed E-state index contributed by atoms with van der Waals surface area (Å²) in [7, 11) is 0. The van der Waals surface area contributed by atoms with E-state index in [-0.39, 0.29) is 23.6 Å². The van der Waals surface area contributed by atoms with Gasteiger partial charge in [0.2, 0.25) is 0 Å². The van der Waals surface area contributed by atoms with Gasteiger partial charge in [-0.1, -0.05) is 18.2 Å². The molecule has 3 aliphatic rings. The van der Waals surface area contributed by atoms with Crippen LogP contribution in [0.2, 0.25) is 0 Å². The number of anilines is 1. The standard InChI is InChI=1S/C30H34FN3O4S/c1-19-12-20(14-33-8-10-37-11-9-33)2-3-23(19)17-38-27-7-6-24(31)13-25(27)26-18-39-30(32-26)34-15-21-4-5-22(16-34)28(21)29(35)36/h2-3,6-7,12-13,18,21-22,28H,4-5,8-11,14-17H2,1H3,(H,35,36). The number of rotatable bonds is 8. The summed E-state index contributed by atoms with van der Waals surface area (Å²) < 4.78 is 26.0. The number of carboxylic acid groups (broad SMARTS) is 1. The first-order valence-electron chi connectivity index (χ1n) is 13.7. The van der Waals surface area contributed by atoms with Crippen molar-refractivity contribution in [1.29, 1.82) is 0 Å². The monoisotopic (exact) mass is 551 g/mol. The van der Waals surface area contributed by atoms with E-state index in [9.17, 15) is 14.3 Å². The molecule has 7 nitrogen and oxygen atoms in total.